The third-order valence-corrected chi connectivity index (χ3v) is 6.29. The van der Waals surface area contributed by atoms with E-state index in [1.807, 2.05) is 26.0 Å². The molecule has 4 atom stereocenters. The molecule has 0 aliphatic carbocycles. The van der Waals surface area contributed by atoms with Gasteiger partial charge in [-0.25, -0.2) is 0 Å². The van der Waals surface area contributed by atoms with Crippen LogP contribution in [0.15, 0.2) is 42.5 Å². The molecular formula is C24H36NO8P. The molecular weight excluding hydrogens is 461 g/mol. The first kappa shape index (κ1) is 28.1. The molecule has 9 nitrogen and oxygen atoms in total. The summed E-state index contributed by atoms with van der Waals surface area (Å²) in [4.78, 5) is 9.84. The van der Waals surface area contributed by atoms with Gasteiger partial charge >= 0.3 is 7.60 Å². The molecule has 0 bridgehead atoms. The van der Waals surface area contributed by atoms with E-state index in [4.69, 9.17) is 14.0 Å². The Bertz CT molecular complexity index is 924. The van der Waals surface area contributed by atoms with Crippen LogP contribution < -0.4 is 14.8 Å². The Balaban J connectivity index is 1.72. The molecule has 0 heterocycles. The zero-order chi connectivity index (χ0) is 25.1. The number of benzene rings is 2. The summed E-state index contributed by atoms with van der Waals surface area (Å²) in [6.45, 7) is 5.71. The lowest BCUT2D eigenvalue weighted by Crippen LogP contribution is -2.37. The fourth-order valence-corrected chi connectivity index (χ4v) is 4.14. The molecule has 10 heteroatoms. The number of aromatic hydroxyl groups is 1. The summed E-state index contributed by atoms with van der Waals surface area (Å²) >= 11 is 0. The van der Waals surface area contributed by atoms with Crippen molar-refractivity contribution in [2.24, 2.45) is 0 Å². The first-order valence-electron chi connectivity index (χ1n) is 11.3. The van der Waals surface area contributed by atoms with Gasteiger partial charge in [0, 0.05) is 18.2 Å². The van der Waals surface area contributed by atoms with Crippen LogP contribution in [0.3, 0.4) is 0 Å². The van der Waals surface area contributed by atoms with Crippen LogP contribution in [0.5, 0.6) is 17.2 Å². The van der Waals surface area contributed by atoms with Crippen LogP contribution in [0.25, 0.3) is 0 Å². The molecule has 0 aliphatic heterocycles. The van der Waals surface area contributed by atoms with Crippen molar-refractivity contribution in [2.75, 3.05) is 19.5 Å². The van der Waals surface area contributed by atoms with E-state index in [1.54, 1.807) is 25.1 Å². The van der Waals surface area contributed by atoms with E-state index in [0.717, 1.165) is 5.56 Å². The van der Waals surface area contributed by atoms with Crippen molar-refractivity contribution in [2.45, 2.75) is 58.5 Å². The van der Waals surface area contributed by atoms with E-state index >= 15 is 0 Å². The Hall–Kier alpha value is -2.13. The van der Waals surface area contributed by atoms with Crippen molar-refractivity contribution >= 4 is 7.60 Å². The van der Waals surface area contributed by atoms with Gasteiger partial charge in [-0.05, 0) is 62.6 Å². The van der Waals surface area contributed by atoms with E-state index in [0.29, 0.717) is 36.4 Å². The maximum absolute atomic E-state index is 12.0. The summed E-state index contributed by atoms with van der Waals surface area (Å²) in [5.41, 5.74) is 1.40. The maximum Gasteiger partial charge on any atom is 0.365 e. The number of rotatable bonds is 15. The normalized spacial score (nSPS) is 15.8. The summed E-state index contributed by atoms with van der Waals surface area (Å²) in [5, 5.41) is 32.2. The molecule has 34 heavy (non-hydrogen) atoms. The molecule has 4 unspecified atom stereocenters. The highest BCUT2D eigenvalue weighted by molar-refractivity contribution is 7.52. The van der Waals surface area contributed by atoms with Gasteiger partial charge in [0.25, 0.3) is 0 Å². The lowest BCUT2D eigenvalue weighted by molar-refractivity contribution is 0.104. The summed E-state index contributed by atoms with van der Waals surface area (Å²) in [7, 11) is -3.80. The van der Waals surface area contributed by atoms with Crippen LogP contribution in [0.4, 0.5) is 0 Å². The first-order valence-corrected chi connectivity index (χ1v) is 13.1. The van der Waals surface area contributed by atoms with E-state index in [9.17, 15) is 24.8 Å². The molecule has 5 N–H and O–H groups in total. The second-order valence-electron chi connectivity index (χ2n) is 8.31. The smallest absolute Gasteiger partial charge is 0.365 e. The Labute approximate surface area is 200 Å². The Morgan fingerprint density at radius 3 is 2.38 bits per heavy atom. The molecule has 0 amide bonds. The van der Waals surface area contributed by atoms with Crippen LogP contribution in [0, 0.1) is 0 Å². The zero-order valence-corrected chi connectivity index (χ0v) is 20.8. The van der Waals surface area contributed by atoms with Crippen LogP contribution in [0.1, 0.15) is 38.3 Å². The minimum atomic E-state index is -3.80. The predicted octanol–water partition coefficient (Wildman–Crippen LogP) is 3.18. The average Bonchev–Trinajstić information content (AvgIpc) is 2.81. The summed E-state index contributed by atoms with van der Waals surface area (Å²) in [6.07, 6.45) is -0.106. The van der Waals surface area contributed by atoms with Gasteiger partial charge in [-0.1, -0.05) is 19.1 Å². The molecule has 2 rings (SSSR count). The fourth-order valence-electron chi connectivity index (χ4n) is 3.06. The molecule has 190 valence electrons. The summed E-state index contributed by atoms with van der Waals surface area (Å²) in [5.74, 6) is 0.937. The number of hydrogen-bond donors (Lipinski definition) is 5. The molecule has 0 fully saturated rings. The van der Waals surface area contributed by atoms with Crippen LogP contribution in [-0.4, -0.2) is 58.0 Å². The van der Waals surface area contributed by atoms with Gasteiger partial charge in [-0.3, -0.25) is 4.57 Å². The standard InChI is InChI=1S/C24H36NO8P/c1-4-18(3)33-34(29,30)16-32-22-7-5-19(6-8-22)11-17(2)25-13-21(27)15-31-23-9-10-24(28)20(12-23)14-26/h5-10,12,17-18,21,25-28H,4,11,13-16H2,1-3H3,(H,29,30). The van der Waals surface area contributed by atoms with Crippen LogP contribution in [0.2, 0.25) is 0 Å². The minimum Gasteiger partial charge on any atom is -0.508 e. The second kappa shape index (κ2) is 13.7. The number of aliphatic hydroxyl groups excluding tert-OH is 2. The van der Waals surface area contributed by atoms with Crippen molar-refractivity contribution in [1.82, 2.24) is 5.32 Å². The maximum atomic E-state index is 12.0. The number of aliphatic hydroxyl groups is 2. The monoisotopic (exact) mass is 497 g/mol. The molecule has 0 aliphatic rings. The molecule has 0 radical (unpaired) electrons. The molecule has 0 aromatic heterocycles. The topological polar surface area (TPSA) is 138 Å². The van der Waals surface area contributed by atoms with E-state index < -0.39 is 20.0 Å². The van der Waals surface area contributed by atoms with Crippen molar-refractivity contribution in [3.05, 3.63) is 53.6 Å². The SMILES string of the molecule is CCC(C)OP(=O)(O)COc1ccc(CC(C)NCC(O)COc2ccc(O)c(CO)c2)cc1. The van der Waals surface area contributed by atoms with Gasteiger partial charge in [0.2, 0.25) is 0 Å². The summed E-state index contributed by atoms with van der Waals surface area (Å²) in [6, 6.07) is 11.9. The van der Waals surface area contributed by atoms with Gasteiger partial charge < -0.3 is 39.5 Å². The van der Waals surface area contributed by atoms with E-state index in [1.165, 1.54) is 12.1 Å². The average molecular weight is 498 g/mol. The van der Waals surface area contributed by atoms with Crippen LogP contribution in [-0.2, 0) is 22.1 Å². The highest BCUT2D eigenvalue weighted by Gasteiger charge is 2.23. The lowest BCUT2D eigenvalue weighted by Gasteiger charge is -2.18. The van der Waals surface area contributed by atoms with Gasteiger partial charge in [0.15, 0.2) is 6.35 Å². The van der Waals surface area contributed by atoms with Crippen molar-refractivity contribution in [3.8, 4) is 17.2 Å². The number of nitrogens with one attached hydrogen (secondary N) is 1. The quantitative estimate of drug-likeness (QED) is 0.235. The predicted molar refractivity (Wildman–Crippen MR) is 129 cm³/mol. The molecule has 0 saturated carbocycles. The van der Waals surface area contributed by atoms with E-state index in [2.05, 4.69) is 5.32 Å². The lowest BCUT2D eigenvalue weighted by atomic mass is 10.1. The fraction of sp³-hybridized carbons (Fsp3) is 0.500. The molecule has 0 saturated heterocycles. The van der Waals surface area contributed by atoms with Crippen molar-refractivity contribution < 1.29 is 38.8 Å². The largest absolute Gasteiger partial charge is 0.508 e. The third kappa shape index (κ3) is 10.0. The molecule has 2 aromatic carbocycles. The first-order chi connectivity index (χ1) is 16.1. The molecule has 0 spiro atoms. The van der Waals surface area contributed by atoms with Crippen LogP contribution >= 0.6 is 7.60 Å². The Kier molecular flexibility index (Phi) is 11.3. The Morgan fingerprint density at radius 1 is 1.06 bits per heavy atom. The highest BCUT2D eigenvalue weighted by atomic mass is 31.2. The van der Waals surface area contributed by atoms with Gasteiger partial charge in [-0.2, -0.15) is 0 Å². The van der Waals surface area contributed by atoms with Gasteiger partial charge in [0.05, 0.1) is 12.7 Å². The van der Waals surface area contributed by atoms with Gasteiger partial charge in [0.1, 0.15) is 30.0 Å². The Morgan fingerprint density at radius 2 is 1.74 bits per heavy atom. The minimum absolute atomic E-state index is 0.00509. The third-order valence-electron chi connectivity index (χ3n) is 5.14. The molecule has 2 aromatic rings. The van der Waals surface area contributed by atoms with Crippen molar-refractivity contribution in [1.29, 1.82) is 0 Å². The highest BCUT2D eigenvalue weighted by Crippen LogP contribution is 2.43. The number of phenols is 1. The van der Waals surface area contributed by atoms with Crippen molar-refractivity contribution in [3.63, 3.8) is 0 Å². The van der Waals surface area contributed by atoms with Gasteiger partial charge in [-0.15, -0.1) is 0 Å². The number of hydrogen-bond acceptors (Lipinski definition) is 8. The van der Waals surface area contributed by atoms with E-state index in [-0.39, 0.29) is 31.1 Å². The number of ether oxygens (including phenoxy) is 2. The second-order valence-corrected chi connectivity index (χ2v) is 10.0. The zero-order valence-electron chi connectivity index (χ0n) is 19.9. The summed E-state index contributed by atoms with van der Waals surface area (Å²) < 4.78 is 28.1.